The van der Waals surface area contributed by atoms with E-state index in [-0.39, 0.29) is 30.6 Å². The quantitative estimate of drug-likeness (QED) is 0.442. The number of phenols is 1. The molecule has 5 nitrogen and oxygen atoms in total. The third-order valence-electron chi connectivity index (χ3n) is 5.39. The van der Waals surface area contributed by atoms with Gasteiger partial charge in [0.25, 0.3) is 0 Å². The van der Waals surface area contributed by atoms with Gasteiger partial charge >= 0.3 is 0 Å². The molecule has 0 aromatic heterocycles. The molecule has 0 saturated carbocycles. The first-order valence-electron chi connectivity index (χ1n) is 9.64. The number of nitrogens with two attached hydrogens (primary N) is 1. The van der Waals surface area contributed by atoms with E-state index in [9.17, 15) is 9.50 Å². The summed E-state index contributed by atoms with van der Waals surface area (Å²) in [6.45, 7) is 0.208. The van der Waals surface area contributed by atoms with Gasteiger partial charge in [0, 0.05) is 27.4 Å². The van der Waals surface area contributed by atoms with E-state index < -0.39 is 0 Å². The number of aromatic hydroxyl groups is 1. The largest absolute Gasteiger partial charge is 0.507 e. The smallest absolute Gasteiger partial charge is 0.231 e. The van der Waals surface area contributed by atoms with Gasteiger partial charge in [-0.3, -0.25) is 0 Å². The Kier molecular flexibility index (Phi) is 5.37. The second-order valence-electron chi connectivity index (χ2n) is 7.37. The van der Waals surface area contributed by atoms with Crippen molar-refractivity contribution in [3.63, 3.8) is 0 Å². The number of hydrogen-bond donors (Lipinski definition) is 3. The molecule has 0 amide bonds. The minimum Gasteiger partial charge on any atom is -0.507 e. The maximum Gasteiger partial charge on any atom is 0.231 e. The number of ether oxygens (including phenoxy) is 2. The molecule has 0 aliphatic carbocycles. The molecule has 31 heavy (non-hydrogen) atoms. The molecule has 0 fully saturated rings. The van der Waals surface area contributed by atoms with Crippen molar-refractivity contribution in [1.82, 2.24) is 5.32 Å². The van der Waals surface area contributed by atoms with Crippen LogP contribution in [0.5, 0.6) is 17.2 Å². The van der Waals surface area contributed by atoms with E-state index >= 15 is 0 Å². The summed E-state index contributed by atoms with van der Waals surface area (Å²) in [4.78, 5) is 0. The Hall–Kier alpha value is -2.55. The molecule has 0 spiro atoms. The highest BCUT2D eigenvalue weighted by Crippen LogP contribution is 2.36. The summed E-state index contributed by atoms with van der Waals surface area (Å²) in [6, 6.07) is 16.0. The molecule has 0 bridgehead atoms. The van der Waals surface area contributed by atoms with Crippen LogP contribution in [0.4, 0.5) is 4.39 Å². The lowest BCUT2D eigenvalue weighted by Crippen LogP contribution is -2.89. The highest BCUT2D eigenvalue weighted by Gasteiger charge is 2.30. The zero-order chi connectivity index (χ0) is 21.5. The molecule has 8 heteroatoms. The molecule has 3 aromatic carbocycles. The molecular weight excluding hydrogens is 531 g/mol. The molecule has 3 aromatic rings. The van der Waals surface area contributed by atoms with Crippen LogP contribution in [0.25, 0.3) is 5.70 Å². The SMILES string of the molecule is Oc1ccc(Br)cc1C1C=C(c2ccc3c(c2)OCO3)NC(c2ccc(F)c(Br)c2)[NH2+]1. The van der Waals surface area contributed by atoms with Gasteiger partial charge in [0.05, 0.1) is 10.0 Å². The summed E-state index contributed by atoms with van der Waals surface area (Å²) in [5, 5.41) is 16.1. The van der Waals surface area contributed by atoms with Gasteiger partial charge in [0.2, 0.25) is 6.79 Å². The van der Waals surface area contributed by atoms with Gasteiger partial charge in [-0.1, -0.05) is 15.9 Å². The summed E-state index contributed by atoms with van der Waals surface area (Å²) in [5.41, 5.74) is 3.50. The van der Waals surface area contributed by atoms with Crippen LogP contribution >= 0.6 is 31.9 Å². The Labute approximate surface area is 195 Å². The molecule has 4 N–H and O–H groups in total. The predicted octanol–water partition coefficient (Wildman–Crippen LogP) is 4.73. The van der Waals surface area contributed by atoms with Crippen molar-refractivity contribution >= 4 is 37.6 Å². The normalized spacial score (nSPS) is 19.6. The van der Waals surface area contributed by atoms with Crippen molar-refractivity contribution in [2.75, 3.05) is 6.79 Å². The van der Waals surface area contributed by atoms with E-state index in [1.165, 1.54) is 6.07 Å². The molecule has 2 unspecified atom stereocenters. The van der Waals surface area contributed by atoms with Crippen LogP contribution in [0.15, 0.2) is 69.6 Å². The van der Waals surface area contributed by atoms with Gasteiger partial charge in [-0.25, -0.2) is 4.39 Å². The fourth-order valence-electron chi connectivity index (χ4n) is 3.84. The monoisotopic (exact) mass is 547 g/mol. The average molecular weight is 549 g/mol. The molecule has 2 aliphatic heterocycles. The van der Waals surface area contributed by atoms with Gasteiger partial charge in [-0.15, -0.1) is 0 Å². The third kappa shape index (κ3) is 4.03. The number of hydrogen-bond acceptors (Lipinski definition) is 4. The van der Waals surface area contributed by atoms with Gasteiger partial charge in [-0.05, 0) is 70.5 Å². The number of fused-ring (bicyclic) bond motifs is 1. The first kappa shape index (κ1) is 20.4. The van der Waals surface area contributed by atoms with E-state index in [4.69, 9.17) is 9.47 Å². The van der Waals surface area contributed by atoms with Crippen molar-refractivity contribution in [2.24, 2.45) is 0 Å². The van der Waals surface area contributed by atoms with E-state index in [1.54, 1.807) is 24.3 Å². The van der Waals surface area contributed by atoms with Crippen LogP contribution in [-0.2, 0) is 0 Å². The summed E-state index contributed by atoms with van der Waals surface area (Å²) >= 11 is 6.77. The second kappa shape index (κ2) is 8.18. The summed E-state index contributed by atoms with van der Waals surface area (Å²) < 4.78 is 26.1. The van der Waals surface area contributed by atoms with Crippen LogP contribution in [0.1, 0.15) is 28.9 Å². The van der Waals surface area contributed by atoms with Crippen LogP contribution in [0.3, 0.4) is 0 Å². The van der Waals surface area contributed by atoms with E-state index in [1.807, 2.05) is 24.3 Å². The lowest BCUT2D eigenvalue weighted by atomic mass is 9.97. The zero-order valence-corrected chi connectivity index (χ0v) is 19.3. The first-order valence-corrected chi connectivity index (χ1v) is 11.2. The standard InChI is InChI=1S/C23H17Br2FN2O3/c24-14-3-5-20(29)15(9-14)19-10-18(12-2-6-21-22(8-12)31-11-30-21)27-23(28-19)13-1-4-17(26)16(25)7-13/h1-10,19,23,27-29H,11H2/p+1. The molecular formula is C23H18Br2FN2O3+. The zero-order valence-electron chi connectivity index (χ0n) is 16.1. The van der Waals surface area contributed by atoms with Crippen molar-refractivity contribution in [1.29, 1.82) is 0 Å². The summed E-state index contributed by atoms with van der Waals surface area (Å²) in [7, 11) is 0. The van der Waals surface area contributed by atoms with Gasteiger partial charge in [0.15, 0.2) is 17.7 Å². The number of rotatable bonds is 3. The molecule has 2 atom stereocenters. The number of nitrogens with one attached hydrogen (secondary N) is 1. The van der Waals surface area contributed by atoms with Crippen LogP contribution in [0, 0.1) is 5.82 Å². The molecule has 0 saturated heterocycles. The molecule has 2 heterocycles. The maximum atomic E-state index is 13.8. The topological polar surface area (TPSA) is 67.3 Å². The minimum atomic E-state index is -0.313. The Morgan fingerprint density at radius 1 is 1.00 bits per heavy atom. The lowest BCUT2D eigenvalue weighted by Gasteiger charge is -2.30. The van der Waals surface area contributed by atoms with Crippen LogP contribution in [-0.4, -0.2) is 11.9 Å². The highest BCUT2D eigenvalue weighted by atomic mass is 79.9. The van der Waals surface area contributed by atoms with Gasteiger partial charge < -0.3 is 25.2 Å². The number of halogens is 3. The van der Waals surface area contributed by atoms with Gasteiger partial charge in [-0.2, -0.15) is 0 Å². The predicted molar refractivity (Wildman–Crippen MR) is 121 cm³/mol. The second-order valence-corrected chi connectivity index (χ2v) is 9.14. The highest BCUT2D eigenvalue weighted by molar-refractivity contribution is 9.10. The van der Waals surface area contributed by atoms with E-state index in [0.717, 1.165) is 26.9 Å². The molecule has 158 valence electrons. The van der Waals surface area contributed by atoms with Gasteiger partial charge in [0.1, 0.15) is 17.6 Å². The minimum absolute atomic E-state index is 0.173. The third-order valence-corrected chi connectivity index (χ3v) is 6.49. The fraction of sp³-hybridized carbons (Fsp3) is 0.130. The Balaban J connectivity index is 1.58. The van der Waals surface area contributed by atoms with Crippen LogP contribution in [0.2, 0.25) is 0 Å². The molecule has 2 aliphatic rings. The average Bonchev–Trinajstić information content (AvgIpc) is 3.25. The summed E-state index contributed by atoms with van der Waals surface area (Å²) in [6.07, 6.45) is 1.86. The molecule has 0 radical (unpaired) electrons. The fourth-order valence-corrected chi connectivity index (χ4v) is 4.61. The number of quaternary nitrogens is 1. The Morgan fingerprint density at radius 3 is 2.68 bits per heavy atom. The number of benzene rings is 3. The Morgan fingerprint density at radius 2 is 1.84 bits per heavy atom. The van der Waals surface area contributed by atoms with Crippen molar-refractivity contribution in [3.05, 3.63) is 92.1 Å². The first-order chi connectivity index (χ1) is 15.0. The van der Waals surface area contributed by atoms with Crippen molar-refractivity contribution in [2.45, 2.75) is 12.2 Å². The van der Waals surface area contributed by atoms with Crippen LogP contribution < -0.4 is 20.1 Å². The Bertz CT molecular complexity index is 1200. The van der Waals surface area contributed by atoms with E-state index in [2.05, 4.69) is 48.6 Å². The van der Waals surface area contributed by atoms with E-state index in [0.29, 0.717) is 16.0 Å². The van der Waals surface area contributed by atoms with Crippen molar-refractivity contribution < 1.29 is 24.3 Å². The lowest BCUT2D eigenvalue weighted by molar-refractivity contribution is -0.731. The van der Waals surface area contributed by atoms with Crippen molar-refractivity contribution in [3.8, 4) is 17.2 Å². The molecule has 5 rings (SSSR count). The maximum absolute atomic E-state index is 13.8. The number of phenolic OH excluding ortho intramolecular Hbond substituents is 1. The summed E-state index contributed by atoms with van der Waals surface area (Å²) in [5.74, 6) is 1.31.